The molecule has 0 fully saturated rings. The summed E-state index contributed by atoms with van der Waals surface area (Å²) in [4.78, 5) is 3.99. The second-order valence-electron chi connectivity index (χ2n) is 3.82. The van der Waals surface area contributed by atoms with Crippen molar-refractivity contribution >= 4 is 0 Å². The van der Waals surface area contributed by atoms with Crippen molar-refractivity contribution in [3.8, 4) is 12.3 Å². The molecule has 0 aliphatic heterocycles. The number of rotatable bonds is 0. The summed E-state index contributed by atoms with van der Waals surface area (Å²) in [5, 5.41) is 0. The highest BCUT2D eigenvalue weighted by Gasteiger charge is 2.16. The largest absolute Gasteiger partial charge is 0.263 e. The molecule has 1 heteroatoms. The van der Waals surface area contributed by atoms with Crippen LogP contribution in [0.5, 0.6) is 0 Å². The zero-order chi connectivity index (χ0) is 9.19. The molecule has 0 saturated heterocycles. The van der Waals surface area contributed by atoms with E-state index in [1.165, 1.54) is 5.56 Å². The summed E-state index contributed by atoms with van der Waals surface area (Å²) >= 11 is 0. The van der Waals surface area contributed by atoms with Gasteiger partial charge in [0.05, 0.1) is 0 Å². The quantitative estimate of drug-likeness (QED) is 0.529. The minimum atomic E-state index is 0.102. The molecule has 0 bridgehead atoms. The van der Waals surface area contributed by atoms with Crippen LogP contribution in [0.1, 0.15) is 31.9 Å². The molecule has 62 valence electrons. The monoisotopic (exact) mass is 159 g/mol. The van der Waals surface area contributed by atoms with Crippen LogP contribution in [0.3, 0.4) is 0 Å². The summed E-state index contributed by atoms with van der Waals surface area (Å²) in [6.07, 6.45) is 8.87. The van der Waals surface area contributed by atoms with E-state index < -0.39 is 0 Å². The smallest absolute Gasteiger partial charge is 0.0463 e. The van der Waals surface area contributed by atoms with E-state index in [9.17, 15) is 0 Å². The van der Waals surface area contributed by atoms with Crippen molar-refractivity contribution in [2.75, 3.05) is 0 Å². The molecule has 12 heavy (non-hydrogen) atoms. The third-order valence-electron chi connectivity index (χ3n) is 1.78. The van der Waals surface area contributed by atoms with Crippen molar-refractivity contribution in [3.05, 3.63) is 29.6 Å². The Balaban J connectivity index is 3.26. The van der Waals surface area contributed by atoms with Gasteiger partial charge in [0, 0.05) is 18.0 Å². The van der Waals surface area contributed by atoms with Gasteiger partial charge in [-0.05, 0) is 17.0 Å². The number of hydrogen-bond acceptors (Lipinski definition) is 1. The second-order valence-corrected chi connectivity index (χ2v) is 3.82. The summed E-state index contributed by atoms with van der Waals surface area (Å²) < 4.78 is 0. The van der Waals surface area contributed by atoms with Gasteiger partial charge in [0.25, 0.3) is 0 Å². The Kier molecular flexibility index (Phi) is 2.19. The van der Waals surface area contributed by atoms with Crippen molar-refractivity contribution in [1.29, 1.82) is 0 Å². The van der Waals surface area contributed by atoms with Gasteiger partial charge in [0.2, 0.25) is 0 Å². The molecular formula is C11H13N. The van der Waals surface area contributed by atoms with Crippen LogP contribution in [0.2, 0.25) is 0 Å². The van der Waals surface area contributed by atoms with Gasteiger partial charge >= 0.3 is 0 Å². The normalized spacial score (nSPS) is 10.8. The SMILES string of the molecule is C#Cc1cnccc1C(C)(C)C. The lowest BCUT2D eigenvalue weighted by Crippen LogP contribution is -2.13. The number of pyridine rings is 1. The summed E-state index contributed by atoms with van der Waals surface area (Å²) in [5.74, 6) is 2.64. The predicted octanol–water partition coefficient (Wildman–Crippen LogP) is 2.36. The van der Waals surface area contributed by atoms with E-state index in [-0.39, 0.29) is 5.41 Å². The predicted molar refractivity (Wildman–Crippen MR) is 50.9 cm³/mol. The third kappa shape index (κ3) is 1.65. The molecule has 0 atom stereocenters. The highest BCUT2D eigenvalue weighted by Crippen LogP contribution is 2.24. The number of terminal acetylenes is 1. The topological polar surface area (TPSA) is 12.9 Å². The van der Waals surface area contributed by atoms with Gasteiger partial charge in [0.1, 0.15) is 0 Å². The Morgan fingerprint density at radius 1 is 1.42 bits per heavy atom. The highest BCUT2D eigenvalue weighted by molar-refractivity contribution is 5.41. The van der Waals surface area contributed by atoms with Crippen LogP contribution in [-0.4, -0.2) is 4.98 Å². The fraction of sp³-hybridized carbons (Fsp3) is 0.364. The molecule has 0 aliphatic carbocycles. The first kappa shape index (κ1) is 8.80. The number of nitrogens with zero attached hydrogens (tertiary/aromatic N) is 1. The maximum absolute atomic E-state index is 5.36. The van der Waals surface area contributed by atoms with E-state index in [0.717, 1.165) is 5.56 Å². The standard InChI is InChI=1S/C11H13N/c1-5-9-8-12-7-6-10(9)11(2,3)4/h1,6-8H,2-4H3. The first-order valence-corrected chi connectivity index (χ1v) is 3.97. The number of hydrogen-bond donors (Lipinski definition) is 0. The van der Waals surface area contributed by atoms with Gasteiger partial charge < -0.3 is 0 Å². The highest BCUT2D eigenvalue weighted by atomic mass is 14.6. The molecule has 0 spiro atoms. The molecule has 0 amide bonds. The van der Waals surface area contributed by atoms with E-state index in [1.807, 2.05) is 6.07 Å². The summed E-state index contributed by atoms with van der Waals surface area (Å²) in [6.45, 7) is 6.43. The van der Waals surface area contributed by atoms with Crippen LogP contribution < -0.4 is 0 Å². The average molecular weight is 159 g/mol. The van der Waals surface area contributed by atoms with E-state index in [4.69, 9.17) is 6.42 Å². The van der Waals surface area contributed by atoms with Crippen LogP contribution in [0.4, 0.5) is 0 Å². The zero-order valence-electron chi connectivity index (χ0n) is 7.76. The average Bonchev–Trinajstić information content (AvgIpc) is 2.03. The Bertz CT molecular complexity index is 313. The molecule has 0 radical (unpaired) electrons. The summed E-state index contributed by atoms with van der Waals surface area (Å²) in [5.41, 5.74) is 2.18. The van der Waals surface area contributed by atoms with Crippen molar-refractivity contribution in [2.45, 2.75) is 26.2 Å². The summed E-state index contributed by atoms with van der Waals surface area (Å²) in [6, 6.07) is 1.98. The molecule has 0 unspecified atom stereocenters. The van der Waals surface area contributed by atoms with Gasteiger partial charge in [-0.1, -0.05) is 26.7 Å². The molecule has 1 aromatic heterocycles. The van der Waals surface area contributed by atoms with E-state index in [0.29, 0.717) is 0 Å². The maximum Gasteiger partial charge on any atom is 0.0463 e. The van der Waals surface area contributed by atoms with Gasteiger partial charge in [0.15, 0.2) is 0 Å². The first-order chi connectivity index (χ1) is 5.55. The molecule has 1 aromatic rings. The van der Waals surface area contributed by atoms with Crippen molar-refractivity contribution in [2.24, 2.45) is 0 Å². The molecule has 0 N–H and O–H groups in total. The van der Waals surface area contributed by atoms with Gasteiger partial charge in [-0.25, -0.2) is 0 Å². The van der Waals surface area contributed by atoms with Crippen molar-refractivity contribution < 1.29 is 0 Å². The zero-order valence-corrected chi connectivity index (χ0v) is 7.76. The van der Waals surface area contributed by atoms with E-state index >= 15 is 0 Å². The lowest BCUT2D eigenvalue weighted by Gasteiger charge is -2.20. The molecule has 0 aromatic carbocycles. The lowest BCUT2D eigenvalue weighted by atomic mass is 9.85. The van der Waals surface area contributed by atoms with Crippen molar-refractivity contribution in [3.63, 3.8) is 0 Å². The van der Waals surface area contributed by atoms with Gasteiger partial charge in [-0.3, -0.25) is 4.98 Å². The van der Waals surface area contributed by atoms with Crippen molar-refractivity contribution in [1.82, 2.24) is 4.98 Å². The molecular weight excluding hydrogens is 146 g/mol. The Labute approximate surface area is 73.8 Å². The van der Waals surface area contributed by atoms with Crippen LogP contribution in [0.15, 0.2) is 18.5 Å². The second kappa shape index (κ2) is 2.98. The van der Waals surface area contributed by atoms with Crippen LogP contribution >= 0.6 is 0 Å². The minimum Gasteiger partial charge on any atom is -0.263 e. The van der Waals surface area contributed by atoms with Crippen LogP contribution in [-0.2, 0) is 5.41 Å². The Morgan fingerprint density at radius 3 is 2.50 bits per heavy atom. The lowest BCUT2D eigenvalue weighted by molar-refractivity contribution is 0.587. The first-order valence-electron chi connectivity index (χ1n) is 3.97. The summed E-state index contributed by atoms with van der Waals surface area (Å²) in [7, 11) is 0. The maximum atomic E-state index is 5.36. The third-order valence-corrected chi connectivity index (χ3v) is 1.78. The van der Waals surface area contributed by atoms with Crippen LogP contribution in [0.25, 0.3) is 0 Å². The molecule has 1 rings (SSSR count). The molecule has 1 heterocycles. The minimum absolute atomic E-state index is 0.102. The number of aromatic nitrogens is 1. The fourth-order valence-electron chi connectivity index (χ4n) is 1.16. The fourth-order valence-corrected chi connectivity index (χ4v) is 1.16. The van der Waals surface area contributed by atoms with Gasteiger partial charge in [-0.2, -0.15) is 0 Å². The molecule has 1 nitrogen and oxygen atoms in total. The van der Waals surface area contributed by atoms with Gasteiger partial charge in [-0.15, -0.1) is 6.42 Å². The van der Waals surface area contributed by atoms with E-state index in [1.54, 1.807) is 12.4 Å². The molecule has 0 aliphatic rings. The molecule has 0 saturated carbocycles. The Hall–Kier alpha value is -1.29. The van der Waals surface area contributed by atoms with Crippen LogP contribution in [0, 0.1) is 12.3 Å². The van der Waals surface area contributed by atoms with E-state index in [2.05, 4.69) is 31.7 Å². The Morgan fingerprint density at radius 2 is 2.08 bits per heavy atom.